The van der Waals surface area contributed by atoms with Crippen LogP contribution in [0.3, 0.4) is 0 Å². The predicted molar refractivity (Wildman–Crippen MR) is 87.5 cm³/mol. The van der Waals surface area contributed by atoms with E-state index in [1.807, 2.05) is 22.6 Å². The average molecular weight is 411 g/mol. The van der Waals surface area contributed by atoms with Crippen LogP contribution in [0, 0.1) is 3.57 Å². The van der Waals surface area contributed by atoms with E-state index in [9.17, 15) is 14.4 Å². The molecule has 8 heteroatoms. The molecule has 22 heavy (non-hydrogen) atoms. The summed E-state index contributed by atoms with van der Waals surface area (Å²) in [5, 5.41) is 2.13. The van der Waals surface area contributed by atoms with Gasteiger partial charge in [-0.15, -0.1) is 0 Å². The van der Waals surface area contributed by atoms with Gasteiger partial charge >= 0.3 is 0 Å². The first-order valence-electron chi connectivity index (χ1n) is 6.19. The Bertz CT molecular complexity index is 888. The number of imide groups is 1. The molecular weight excluding hydrogens is 401 g/mol. The number of halogens is 1. The molecule has 0 spiro atoms. The van der Waals surface area contributed by atoms with Crippen molar-refractivity contribution in [2.24, 2.45) is 0 Å². The number of nitrogens with zero attached hydrogens (tertiary/aromatic N) is 1. The summed E-state index contributed by atoms with van der Waals surface area (Å²) in [6.45, 7) is 0. The molecule has 0 atom stereocenters. The van der Waals surface area contributed by atoms with E-state index in [1.54, 1.807) is 18.2 Å². The van der Waals surface area contributed by atoms with Gasteiger partial charge in [-0.05, 0) is 40.8 Å². The normalized spacial score (nSPS) is 13.0. The van der Waals surface area contributed by atoms with Crippen LogP contribution in [0.25, 0.3) is 5.69 Å². The van der Waals surface area contributed by atoms with Gasteiger partial charge in [0.1, 0.15) is 11.6 Å². The van der Waals surface area contributed by atoms with Crippen LogP contribution in [0.2, 0.25) is 0 Å². The predicted octanol–water partition coefficient (Wildman–Crippen LogP) is 0.917. The zero-order valence-electron chi connectivity index (χ0n) is 11.3. The van der Waals surface area contributed by atoms with E-state index in [2.05, 4.69) is 5.32 Å². The second-order valence-corrected chi connectivity index (χ2v) is 5.75. The maximum Gasteiger partial charge on any atom is 0.262 e. The number of nitrogen functional groups attached to an aromatic ring is 1. The summed E-state index contributed by atoms with van der Waals surface area (Å²) in [6, 6.07) is 6.20. The number of anilines is 1. The standard InChI is InChI=1S/C14H10IN3O4/c1-22-6-2-3-9(8(15)4-6)18-10(19)5-7-11(12(18)16)14(21)17-13(7)20/h2-5H,16H2,1H3,(H,17,20,21). The van der Waals surface area contributed by atoms with Crippen LogP contribution in [0.15, 0.2) is 29.1 Å². The number of nitrogens with two attached hydrogens (primary N) is 1. The Hall–Kier alpha value is -2.36. The van der Waals surface area contributed by atoms with Gasteiger partial charge in [0.2, 0.25) is 0 Å². The van der Waals surface area contributed by atoms with E-state index in [-0.39, 0.29) is 16.9 Å². The van der Waals surface area contributed by atoms with Crippen LogP contribution in [0.4, 0.5) is 5.82 Å². The van der Waals surface area contributed by atoms with Crippen LogP contribution >= 0.6 is 22.6 Å². The smallest absolute Gasteiger partial charge is 0.262 e. The highest BCUT2D eigenvalue weighted by Gasteiger charge is 2.32. The SMILES string of the molecule is COc1ccc(-n2c(N)c3c(cc2=O)C(=O)NC3=O)c(I)c1. The van der Waals surface area contributed by atoms with Crippen molar-refractivity contribution < 1.29 is 14.3 Å². The number of ether oxygens (including phenoxy) is 1. The van der Waals surface area contributed by atoms with Gasteiger partial charge < -0.3 is 10.5 Å². The topological polar surface area (TPSA) is 103 Å². The molecule has 1 aliphatic heterocycles. The van der Waals surface area contributed by atoms with Gasteiger partial charge in [0.05, 0.1) is 23.9 Å². The van der Waals surface area contributed by atoms with Crippen molar-refractivity contribution in [2.75, 3.05) is 12.8 Å². The number of benzene rings is 1. The van der Waals surface area contributed by atoms with Gasteiger partial charge in [-0.2, -0.15) is 0 Å². The second-order valence-electron chi connectivity index (χ2n) is 4.59. The largest absolute Gasteiger partial charge is 0.497 e. The van der Waals surface area contributed by atoms with Crippen LogP contribution in [0.5, 0.6) is 5.75 Å². The molecule has 0 saturated carbocycles. The highest BCUT2D eigenvalue weighted by molar-refractivity contribution is 14.1. The third-order valence-electron chi connectivity index (χ3n) is 3.35. The molecule has 1 aliphatic rings. The lowest BCUT2D eigenvalue weighted by atomic mass is 10.1. The van der Waals surface area contributed by atoms with Crippen molar-refractivity contribution in [2.45, 2.75) is 0 Å². The molecule has 0 radical (unpaired) electrons. The van der Waals surface area contributed by atoms with Gasteiger partial charge in [0.25, 0.3) is 17.4 Å². The van der Waals surface area contributed by atoms with Gasteiger partial charge in [-0.3, -0.25) is 24.3 Å². The molecule has 112 valence electrons. The summed E-state index contributed by atoms with van der Waals surface area (Å²) in [6.07, 6.45) is 0. The zero-order chi connectivity index (χ0) is 16.0. The number of hydrogen-bond donors (Lipinski definition) is 2. The number of hydrogen-bond acceptors (Lipinski definition) is 5. The first-order valence-corrected chi connectivity index (χ1v) is 7.27. The number of carbonyl (C=O) groups is 2. The number of nitrogens with one attached hydrogen (secondary N) is 1. The Balaban J connectivity index is 2.30. The average Bonchev–Trinajstić information content (AvgIpc) is 2.75. The van der Waals surface area contributed by atoms with E-state index >= 15 is 0 Å². The number of rotatable bonds is 2. The molecule has 0 aliphatic carbocycles. The molecule has 3 rings (SSSR count). The summed E-state index contributed by atoms with van der Waals surface area (Å²) in [5.41, 5.74) is 6.04. The van der Waals surface area contributed by atoms with Crippen LogP contribution in [-0.2, 0) is 0 Å². The molecule has 0 fully saturated rings. The summed E-state index contributed by atoms with van der Waals surface area (Å²) in [7, 11) is 1.54. The van der Waals surface area contributed by atoms with Crippen LogP contribution < -0.4 is 21.3 Å². The number of amides is 2. The van der Waals surface area contributed by atoms with E-state index in [4.69, 9.17) is 10.5 Å². The fourth-order valence-corrected chi connectivity index (χ4v) is 3.05. The van der Waals surface area contributed by atoms with Crippen molar-refractivity contribution in [1.29, 1.82) is 0 Å². The Morgan fingerprint density at radius 3 is 2.55 bits per heavy atom. The Morgan fingerprint density at radius 2 is 1.91 bits per heavy atom. The summed E-state index contributed by atoms with van der Waals surface area (Å²) >= 11 is 2.04. The van der Waals surface area contributed by atoms with Gasteiger partial charge in [0.15, 0.2) is 0 Å². The van der Waals surface area contributed by atoms with E-state index in [0.29, 0.717) is 11.4 Å². The summed E-state index contributed by atoms with van der Waals surface area (Å²) in [4.78, 5) is 35.8. The number of aromatic nitrogens is 1. The molecule has 2 heterocycles. The highest BCUT2D eigenvalue weighted by Crippen LogP contribution is 2.27. The molecule has 1 aromatic heterocycles. The van der Waals surface area contributed by atoms with Gasteiger partial charge in [0, 0.05) is 9.64 Å². The molecule has 2 amide bonds. The van der Waals surface area contributed by atoms with Crippen LogP contribution in [-0.4, -0.2) is 23.5 Å². The Morgan fingerprint density at radius 1 is 1.18 bits per heavy atom. The molecular formula is C14H10IN3O4. The number of fused-ring (bicyclic) bond motifs is 1. The Labute approximate surface area is 138 Å². The lowest BCUT2D eigenvalue weighted by molar-refractivity contribution is 0.0880. The second kappa shape index (κ2) is 5.13. The summed E-state index contributed by atoms with van der Waals surface area (Å²) in [5.74, 6) is -0.641. The highest BCUT2D eigenvalue weighted by atomic mass is 127. The van der Waals surface area contributed by atoms with E-state index < -0.39 is 17.4 Å². The van der Waals surface area contributed by atoms with Crippen LogP contribution in [0.1, 0.15) is 20.7 Å². The first kappa shape index (κ1) is 14.6. The minimum absolute atomic E-state index is 0.00673. The third-order valence-corrected chi connectivity index (χ3v) is 4.21. The number of methoxy groups -OCH3 is 1. The van der Waals surface area contributed by atoms with Crippen molar-refractivity contribution >= 4 is 40.2 Å². The Kier molecular flexibility index (Phi) is 3.39. The van der Waals surface area contributed by atoms with Gasteiger partial charge in [-0.25, -0.2) is 0 Å². The number of pyridine rings is 1. The van der Waals surface area contributed by atoms with Crippen molar-refractivity contribution in [1.82, 2.24) is 9.88 Å². The molecule has 0 saturated heterocycles. The molecule has 7 nitrogen and oxygen atoms in total. The van der Waals surface area contributed by atoms with Crippen molar-refractivity contribution in [3.05, 3.63) is 49.3 Å². The van der Waals surface area contributed by atoms with Gasteiger partial charge in [-0.1, -0.05) is 0 Å². The first-order chi connectivity index (χ1) is 10.4. The molecule has 0 unspecified atom stereocenters. The minimum atomic E-state index is -0.611. The fraction of sp³-hybridized carbons (Fsp3) is 0.0714. The van der Waals surface area contributed by atoms with Crippen molar-refractivity contribution in [3.63, 3.8) is 0 Å². The third kappa shape index (κ3) is 2.06. The molecule has 1 aromatic carbocycles. The van der Waals surface area contributed by atoms with E-state index in [0.717, 1.165) is 9.64 Å². The molecule has 0 bridgehead atoms. The summed E-state index contributed by atoms with van der Waals surface area (Å²) < 4.78 is 7.04. The monoisotopic (exact) mass is 411 g/mol. The molecule has 2 aromatic rings. The zero-order valence-corrected chi connectivity index (χ0v) is 13.5. The maximum absolute atomic E-state index is 12.3. The molecule has 3 N–H and O–H groups in total. The fourth-order valence-electron chi connectivity index (χ4n) is 2.32. The minimum Gasteiger partial charge on any atom is -0.497 e. The van der Waals surface area contributed by atoms with E-state index in [1.165, 1.54) is 11.7 Å². The van der Waals surface area contributed by atoms with Crippen molar-refractivity contribution in [3.8, 4) is 11.4 Å². The number of carbonyl (C=O) groups excluding carboxylic acids is 2. The quantitative estimate of drug-likeness (QED) is 0.565. The lowest BCUT2D eigenvalue weighted by Crippen LogP contribution is -2.24. The lowest BCUT2D eigenvalue weighted by Gasteiger charge is -2.14. The maximum atomic E-state index is 12.3.